The Bertz CT molecular complexity index is 1210. The minimum absolute atomic E-state index is 0.188. The lowest BCUT2D eigenvalue weighted by atomic mass is 10.1. The molecule has 0 aliphatic heterocycles. The van der Waals surface area contributed by atoms with Gasteiger partial charge >= 0.3 is 0 Å². The number of sulfonamides is 1. The molecule has 1 aromatic carbocycles. The highest BCUT2D eigenvalue weighted by Crippen LogP contribution is 2.26. The first-order valence-corrected chi connectivity index (χ1v) is 10.6. The van der Waals surface area contributed by atoms with Gasteiger partial charge in [0.15, 0.2) is 17.3 Å². The number of aromatic amines is 1. The monoisotopic (exact) mass is 438 g/mol. The van der Waals surface area contributed by atoms with Crippen LogP contribution in [0.25, 0.3) is 11.0 Å². The molecule has 0 saturated heterocycles. The first kappa shape index (κ1) is 21.4. The van der Waals surface area contributed by atoms with E-state index in [0.29, 0.717) is 23.3 Å². The highest BCUT2D eigenvalue weighted by Gasteiger charge is 2.23. The van der Waals surface area contributed by atoms with Crippen molar-refractivity contribution in [1.29, 1.82) is 0 Å². The lowest BCUT2D eigenvalue weighted by Crippen LogP contribution is -2.20. The molecule has 0 atom stereocenters. The molecule has 3 aromatic rings. The smallest absolute Gasteiger partial charge is 0.261 e. The first-order chi connectivity index (χ1) is 14.1. The highest BCUT2D eigenvalue weighted by atomic mass is 32.2. The normalized spacial score (nSPS) is 11.5. The van der Waals surface area contributed by atoms with Crippen molar-refractivity contribution in [2.75, 3.05) is 34.8 Å². The largest absolute Gasteiger partial charge is 0.361 e. The zero-order chi connectivity index (χ0) is 22.1. The van der Waals surface area contributed by atoms with Crippen molar-refractivity contribution in [3.8, 4) is 0 Å². The van der Waals surface area contributed by atoms with Crippen LogP contribution in [-0.2, 0) is 10.0 Å². The molecule has 0 spiro atoms. The maximum Gasteiger partial charge on any atom is 0.261 e. The predicted octanol–water partition coefficient (Wildman–Crippen LogP) is 2.71. The van der Waals surface area contributed by atoms with Gasteiger partial charge in [-0.05, 0) is 24.6 Å². The quantitative estimate of drug-likeness (QED) is 0.522. The van der Waals surface area contributed by atoms with E-state index in [1.807, 2.05) is 4.72 Å². The Morgan fingerprint density at radius 3 is 2.67 bits per heavy atom. The van der Waals surface area contributed by atoms with Gasteiger partial charge in [-0.1, -0.05) is 6.92 Å². The summed E-state index contributed by atoms with van der Waals surface area (Å²) in [6, 6.07) is 3.31. The van der Waals surface area contributed by atoms with Crippen molar-refractivity contribution in [2.45, 2.75) is 13.3 Å². The van der Waals surface area contributed by atoms with Gasteiger partial charge in [0, 0.05) is 14.1 Å². The summed E-state index contributed by atoms with van der Waals surface area (Å²) < 4.78 is 54.8. The second-order valence-electron chi connectivity index (χ2n) is 6.72. The van der Waals surface area contributed by atoms with E-state index in [9.17, 15) is 22.0 Å². The van der Waals surface area contributed by atoms with Gasteiger partial charge in [0.2, 0.25) is 10.0 Å². The van der Waals surface area contributed by atoms with Crippen LogP contribution in [0.1, 0.15) is 23.7 Å². The van der Waals surface area contributed by atoms with Crippen molar-refractivity contribution < 1.29 is 22.0 Å². The summed E-state index contributed by atoms with van der Waals surface area (Å²) in [6.07, 6.45) is 1.62. The first-order valence-electron chi connectivity index (χ1n) is 8.94. The van der Waals surface area contributed by atoms with E-state index in [1.54, 1.807) is 32.0 Å². The highest BCUT2D eigenvalue weighted by molar-refractivity contribution is 7.92. The fourth-order valence-corrected chi connectivity index (χ4v) is 3.95. The fraction of sp³-hybridized carbons (Fsp3) is 0.278. The Balaban J connectivity index is 1.92. The molecule has 12 heteroatoms. The summed E-state index contributed by atoms with van der Waals surface area (Å²) >= 11 is 0. The molecule has 0 bridgehead atoms. The number of hydrogen-bond acceptors (Lipinski definition) is 6. The molecule has 2 heterocycles. The van der Waals surface area contributed by atoms with E-state index in [1.165, 1.54) is 6.20 Å². The van der Waals surface area contributed by atoms with Crippen LogP contribution < -0.4 is 14.9 Å². The van der Waals surface area contributed by atoms with Gasteiger partial charge in [-0.2, -0.15) is 5.10 Å². The van der Waals surface area contributed by atoms with Crippen LogP contribution in [-0.4, -0.2) is 49.4 Å². The molecule has 3 N–H and O–H groups in total. The standard InChI is InChI=1S/C18H20F2N6O3S/c1-4-7-30(28,29)25-13-6-5-12(19)14(15(13)20)18(27)22-10-8-11-16(21-9-10)23-24-17(11)26(2)3/h5-6,8-9,25H,4,7H2,1-3H3,(H,22,27)(H,21,23,24). The van der Waals surface area contributed by atoms with Gasteiger partial charge in [-0.15, -0.1) is 0 Å². The minimum atomic E-state index is -3.82. The summed E-state index contributed by atoms with van der Waals surface area (Å²) in [5.41, 5.74) is -0.755. The zero-order valence-corrected chi connectivity index (χ0v) is 17.3. The number of hydrogen-bond donors (Lipinski definition) is 3. The summed E-state index contributed by atoms with van der Waals surface area (Å²) in [5, 5.41) is 9.82. The van der Waals surface area contributed by atoms with Crippen molar-refractivity contribution in [2.24, 2.45) is 0 Å². The molecule has 0 saturated carbocycles. The van der Waals surface area contributed by atoms with Crippen molar-refractivity contribution in [1.82, 2.24) is 15.2 Å². The molecule has 0 aliphatic rings. The lowest BCUT2D eigenvalue weighted by Gasteiger charge is -2.12. The van der Waals surface area contributed by atoms with E-state index < -0.39 is 38.8 Å². The molecule has 1 amide bonds. The molecule has 3 rings (SSSR count). The van der Waals surface area contributed by atoms with Gasteiger partial charge < -0.3 is 10.2 Å². The van der Waals surface area contributed by atoms with Crippen LogP contribution in [0.5, 0.6) is 0 Å². The Hall–Kier alpha value is -3.28. The molecule has 0 unspecified atom stereocenters. The molecule has 9 nitrogen and oxygen atoms in total. The second-order valence-corrected chi connectivity index (χ2v) is 8.56. The molecular weight excluding hydrogens is 418 g/mol. The average molecular weight is 438 g/mol. The average Bonchev–Trinajstić information content (AvgIpc) is 3.07. The Morgan fingerprint density at radius 2 is 2.00 bits per heavy atom. The summed E-state index contributed by atoms with van der Waals surface area (Å²) in [7, 11) is -0.272. The topological polar surface area (TPSA) is 120 Å². The lowest BCUT2D eigenvalue weighted by molar-refractivity contribution is 0.101. The number of carbonyl (C=O) groups is 1. The van der Waals surface area contributed by atoms with Crippen LogP contribution in [0.2, 0.25) is 0 Å². The third-order valence-electron chi connectivity index (χ3n) is 4.13. The number of carbonyl (C=O) groups excluding carboxylic acids is 1. The van der Waals surface area contributed by atoms with E-state index in [-0.39, 0.29) is 11.4 Å². The number of pyridine rings is 1. The zero-order valence-electron chi connectivity index (χ0n) is 16.5. The minimum Gasteiger partial charge on any atom is -0.361 e. The van der Waals surface area contributed by atoms with Gasteiger partial charge in [0.1, 0.15) is 11.4 Å². The van der Waals surface area contributed by atoms with E-state index >= 15 is 0 Å². The number of halogens is 2. The predicted molar refractivity (Wildman–Crippen MR) is 110 cm³/mol. The van der Waals surface area contributed by atoms with Gasteiger partial charge in [0.05, 0.1) is 28.7 Å². The number of fused-ring (bicyclic) bond motifs is 1. The number of H-pyrrole nitrogens is 1. The van der Waals surface area contributed by atoms with E-state index in [2.05, 4.69) is 20.5 Å². The number of anilines is 3. The third-order valence-corrected chi connectivity index (χ3v) is 5.61. The SMILES string of the molecule is CCCS(=O)(=O)Nc1ccc(F)c(C(=O)Nc2cnc3[nH]nc(N(C)C)c3c2)c1F. The Labute approximate surface area is 171 Å². The second kappa shape index (κ2) is 8.22. The molecule has 0 aliphatic carbocycles. The number of rotatable bonds is 7. The van der Waals surface area contributed by atoms with Crippen LogP contribution in [0.4, 0.5) is 26.0 Å². The number of nitrogens with one attached hydrogen (secondary N) is 3. The molecular formula is C18H20F2N6O3S. The number of benzene rings is 1. The molecule has 2 aromatic heterocycles. The summed E-state index contributed by atoms with van der Waals surface area (Å²) in [4.78, 5) is 18.4. The maximum absolute atomic E-state index is 14.8. The molecule has 0 fully saturated rings. The van der Waals surface area contributed by atoms with Crippen molar-refractivity contribution in [3.63, 3.8) is 0 Å². The Kier molecular flexibility index (Phi) is 5.87. The van der Waals surface area contributed by atoms with Crippen molar-refractivity contribution >= 4 is 44.2 Å². The van der Waals surface area contributed by atoms with E-state index in [4.69, 9.17) is 0 Å². The molecule has 30 heavy (non-hydrogen) atoms. The molecule has 160 valence electrons. The van der Waals surface area contributed by atoms with Gasteiger partial charge in [-0.25, -0.2) is 22.2 Å². The summed E-state index contributed by atoms with van der Waals surface area (Å²) in [6.45, 7) is 1.64. The van der Waals surface area contributed by atoms with Crippen LogP contribution in [0.3, 0.4) is 0 Å². The third kappa shape index (κ3) is 4.32. The number of aromatic nitrogens is 3. The number of nitrogens with zero attached hydrogens (tertiary/aromatic N) is 3. The summed E-state index contributed by atoms with van der Waals surface area (Å²) in [5.74, 6) is -3.19. The maximum atomic E-state index is 14.8. The van der Waals surface area contributed by atoms with Crippen molar-refractivity contribution in [3.05, 3.63) is 41.6 Å². The molecule has 0 radical (unpaired) electrons. The fourth-order valence-electron chi connectivity index (χ4n) is 2.82. The van der Waals surface area contributed by atoms with Crippen LogP contribution in [0, 0.1) is 11.6 Å². The van der Waals surface area contributed by atoms with Crippen LogP contribution in [0.15, 0.2) is 24.4 Å². The van der Waals surface area contributed by atoms with Gasteiger partial charge in [-0.3, -0.25) is 14.6 Å². The van der Waals surface area contributed by atoms with Crippen LogP contribution >= 0.6 is 0 Å². The number of amides is 1. The Morgan fingerprint density at radius 1 is 1.27 bits per heavy atom. The van der Waals surface area contributed by atoms with E-state index in [0.717, 1.165) is 12.1 Å². The van der Waals surface area contributed by atoms with Gasteiger partial charge in [0.25, 0.3) is 5.91 Å².